The van der Waals surface area contributed by atoms with Crippen molar-refractivity contribution in [2.24, 2.45) is 10.7 Å². The van der Waals surface area contributed by atoms with E-state index in [2.05, 4.69) is 4.99 Å². The third kappa shape index (κ3) is 3.43. The lowest BCUT2D eigenvalue weighted by Gasteiger charge is -2.11. The molecule has 0 rings (SSSR count). The third-order valence-corrected chi connectivity index (χ3v) is 1.30. The number of hydrogen-bond acceptors (Lipinski definition) is 3. The molecule has 0 heterocycles. The first-order valence-corrected chi connectivity index (χ1v) is 3.65. The molecule has 0 saturated heterocycles. The Balaban J connectivity index is 4.10. The molecule has 0 aliphatic carbocycles. The molecule has 0 aliphatic rings. The van der Waals surface area contributed by atoms with Gasteiger partial charge in [-0.3, -0.25) is 0 Å². The zero-order chi connectivity index (χ0) is 9.40. The molecule has 0 aromatic carbocycles. The van der Waals surface area contributed by atoms with Gasteiger partial charge >= 0.3 is 0 Å². The second-order valence-corrected chi connectivity index (χ2v) is 2.18. The summed E-state index contributed by atoms with van der Waals surface area (Å²) >= 11 is 0. The van der Waals surface area contributed by atoms with Crippen LogP contribution < -0.4 is 5.73 Å². The minimum Gasteiger partial charge on any atom is -0.368 e. The largest absolute Gasteiger partial charge is 0.368 e. The molecule has 0 aliphatic heterocycles. The maximum absolute atomic E-state index is 8.56. The Morgan fingerprint density at radius 2 is 2.25 bits per heavy atom. The Labute approximate surface area is 71.7 Å². The number of aliphatic imine (C=N–C) groups is 1. The van der Waals surface area contributed by atoms with Crippen molar-refractivity contribution in [1.82, 2.24) is 4.90 Å². The summed E-state index contributed by atoms with van der Waals surface area (Å²) in [4.78, 5) is 4.45. The standard InChI is InChI=1S/C7H11N5/c1-2-3-4-12(6-9)7(10)11-5-8/h2-4H2,1H3,(H2,10,11). The molecule has 64 valence electrons. The molecular formula is C7H11N5. The van der Waals surface area contributed by atoms with Crippen LogP contribution in [0.25, 0.3) is 0 Å². The third-order valence-electron chi connectivity index (χ3n) is 1.30. The van der Waals surface area contributed by atoms with E-state index in [1.165, 1.54) is 11.1 Å². The van der Waals surface area contributed by atoms with Gasteiger partial charge in [0.2, 0.25) is 12.2 Å². The van der Waals surface area contributed by atoms with Gasteiger partial charge in [0.25, 0.3) is 0 Å². The molecule has 0 saturated carbocycles. The van der Waals surface area contributed by atoms with E-state index in [9.17, 15) is 0 Å². The van der Waals surface area contributed by atoms with Crippen LogP contribution in [0.2, 0.25) is 0 Å². The van der Waals surface area contributed by atoms with E-state index in [0.717, 1.165) is 12.8 Å². The van der Waals surface area contributed by atoms with Gasteiger partial charge in [-0.25, -0.2) is 4.90 Å². The minimum atomic E-state index is -0.0338. The monoisotopic (exact) mass is 165 g/mol. The SMILES string of the molecule is CCCCN(C#N)C(N)=NC#N. The van der Waals surface area contributed by atoms with E-state index >= 15 is 0 Å². The maximum atomic E-state index is 8.56. The first-order valence-electron chi connectivity index (χ1n) is 3.65. The van der Waals surface area contributed by atoms with E-state index in [-0.39, 0.29) is 5.96 Å². The summed E-state index contributed by atoms with van der Waals surface area (Å²) < 4.78 is 0. The van der Waals surface area contributed by atoms with E-state index in [1.807, 2.05) is 13.1 Å². The van der Waals surface area contributed by atoms with Crippen molar-refractivity contribution in [2.45, 2.75) is 19.8 Å². The smallest absolute Gasteiger partial charge is 0.220 e. The summed E-state index contributed by atoms with van der Waals surface area (Å²) in [6.45, 7) is 2.52. The first-order chi connectivity index (χ1) is 5.76. The van der Waals surface area contributed by atoms with Crippen molar-refractivity contribution in [3.05, 3.63) is 0 Å². The van der Waals surface area contributed by atoms with Crippen molar-refractivity contribution in [3.63, 3.8) is 0 Å². The summed E-state index contributed by atoms with van der Waals surface area (Å²) in [7, 11) is 0. The van der Waals surface area contributed by atoms with Crippen LogP contribution in [-0.4, -0.2) is 17.4 Å². The highest BCUT2D eigenvalue weighted by Crippen LogP contribution is 1.92. The number of guanidine groups is 1. The number of hydrogen-bond donors (Lipinski definition) is 1. The van der Waals surface area contributed by atoms with Gasteiger partial charge in [0.1, 0.15) is 0 Å². The maximum Gasteiger partial charge on any atom is 0.220 e. The molecule has 12 heavy (non-hydrogen) atoms. The molecule has 0 amide bonds. The predicted molar refractivity (Wildman–Crippen MR) is 44.5 cm³/mol. The highest BCUT2D eigenvalue weighted by Gasteiger charge is 2.04. The van der Waals surface area contributed by atoms with Gasteiger partial charge < -0.3 is 5.73 Å². The molecule has 5 heteroatoms. The molecule has 0 aromatic heterocycles. The van der Waals surface area contributed by atoms with Crippen LogP contribution in [0.3, 0.4) is 0 Å². The first kappa shape index (κ1) is 10.2. The molecule has 2 N–H and O–H groups in total. The molecule has 0 aromatic rings. The zero-order valence-electron chi connectivity index (χ0n) is 6.99. The van der Waals surface area contributed by atoms with Gasteiger partial charge in [0, 0.05) is 6.54 Å². The fourth-order valence-corrected chi connectivity index (χ4v) is 0.644. The minimum absolute atomic E-state index is 0.0338. The van der Waals surface area contributed by atoms with Crippen LogP contribution >= 0.6 is 0 Å². The number of nitrogens with two attached hydrogens (primary N) is 1. The second kappa shape index (κ2) is 5.99. The number of unbranched alkanes of at least 4 members (excludes halogenated alkanes) is 1. The van der Waals surface area contributed by atoms with E-state index in [0.29, 0.717) is 6.54 Å². The quantitative estimate of drug-likeness (QED) is 0.283. The van der Waals surface area contributed by atoms with Crippen molar-refractivity contribution in [1.29, 1.82) is 10.5 Å². The molecule has 0 unspecified atom stereocenters. The summed E-state index contributed by atoms with van der Waals surface area (Å²) in [5.41, 5.74) is 5.31. The summed E-state index contributed by atoms with van der Waals surface area (Å²) in [6.07, 6.45) is 5.20. The average Bonchev–Trinajstić information content (AvgIpc) is 2.06. The molecule has 0 radical (unpaired) electrons. The molecule has 5 nitrogen and oxygen atoms in total. The van der Waals surface area contributed by atoms with E-state index in [1.54, 1.807) is 0 Å². The van der Waals surface area contributed by atoms with Gasteiger partial charge in [-0.2, -0.15) is 10.5 Å². The Hall–Kier alpha value is -1.75. The Morgan fingerprint density at radius 3 is 2.67 bits per heavy atom. The molecule has 0 bridgehead atoms. The van der Waals surface area contributed by atoms with Gasteiger partial charge in [-0.05, 0) is 6.42 Å². The number of nitrogens with zero attached hydrogens (tertiary/aromatic N) is 4. The van der Waals surface area contributed by atoms with Gasteiger partial charge in [-0.15, -0.1) is 4.99 Å². The lowest BCUT2D eigenvalue weighted by Crippen LogP contribution is -2.33. The van der Waals surface area contributed by atoms with Crippen LogP contribution in [0.5, 0.6) is 0 Å². The Morgan fingerprint density at radius 1 is 1.58 bits per heavy atom. The van der Waals surface area contributed by atoms with Crippen molar-refractivity contribution < 1.29 is 0 Å². The lowest BCUT2D eigenvalue weighted by atomic mass is 10.3. The van der Waals surface area contributed by atoms with Crippen LogP contribution in [0.1, 0.15) is 19.8 Å². The van der Waals surface area contributed by atoms with Gasteiger partial charge in [-0.1, -0.05) is 13.3 Å². The highest BCUT2D eigenvalue weighted by molar-refractivity contribution is 5.80. The van der Waals surface area contributed by atoms with Crippen LogP contribution in [0.15, 0.2) is 4.99 Å². The highest BCUT2D eigenvalue weighted by atomic mass is 15.2. The van der Waals surface area contributed by atoms with E-state index < -0.39 is 0 Å². The number of rotatable bonds is 3. The topological polar surface area (TPSA) is 89.2 Å². The normalized spacial score (nSPS) is 10.1. The predicted octanol–water partition coefficient (Wildman–Crippen LogP) is 0.365. The summed E-state index contributed by atoms with van der Waals surface area (Å²) in [6, 6.07) is 0. The van der Waals surface area contributed by atoms with Crippen LogP contribution in [0.4, 0.5) is 0 Å². The average molecular weight is 165 g/mol. The van der Waals surface area contributed by atoms with Crippen molar-refractivity contribution >= 4 is 5.96 Å². The zero-order valence-corrected chi connectivity index (χ0v) is 6.99. The molecule has 0 spiro atoms. The van der Waals surface area contributed by atoms with Gasteiger partial charge in [0.15, 0.2) is 6.19 Å². The second-order valence-electron chi connectivity index (χ2n) is 2.18. The van der Waals surface area contributed by atoms with Crippen LogP contribution in [0, 0.1) is 22.9 Å². The summed E-state index contributed by atoms with van der Waals surface area (Å²) in [5.74, 6) is -0.0338. The fraction of sp³-hybridized carbons (Fsp3) is 0.571. The summed E-state index contributed by atoms with van der Waals surface area (Å²) in [5, 5.41) is 16.7. The van der Waals surface area contributed by atoms with E-state index in [4.69, 9.17) is 16.3 Å². The Kier molecular flexibility index (Phi) is 5.12. The Bertz CT molecular complexity index is 231. The molecule has 0 atom stereocenters. The fourth-order valence-electron chi connectivity index (χ4n) is 0.644. The molecular weight excluding hydrogens is 154 g/mol. The van der Waals surface area contributed by atoms with Crippen molar-refractivity contribution in [3.8, 4) is 12.4 Å². The number of nitriles is 2. The van der Waals surface area contributed by atoms with Crippen molar-refractivity contribution in [2.75, 3.05) is 6.54 Å². The lowest BCUT2D eigenvalue weighted by molar-refractivity contribution is 0.538. The van der Waals surface area contributed by atoms with Crippen LogP contribution in [-0.2, 0) is 0 Å². The van der Waals surface area contributed by atoms with Gasteiger partial charge in [0.05, 0.1) is 0 Å². The molecule has 0 fully saturated rings.